The Labute approximate surface area is 137 Å². The summed E-state index contributed by atoms with van der Waals surface area (Å²) in [7, 11) is 1.88. The summed E-state index contributed by atoms with van der Waals surface area (Å²) < 4.78 is 18.6. The minimum atomic E-state index is -1.09. The van der Waals surface area contributed by atoms with Gasteiger partial charge in [-0.1, -0.05) is 0 Å². The number of nitrogens with zero attached hydrogens (tertiary/aromatic N) is 1. The summed E-state index contributed by atoms with van der Waals surface area (Å²) in [6, 6.07) is 13.6. The fourth-order valence-corrected chi connectivity index (χ4v) is 3.13. The van der Waals surface area contributed by atoms with Gasteiger partial charge in [-0.05, 0) is 42.5 Å². The number of hydrogen-bond acceptors (Lipinski definition) is 5. The Bertz CT molecular complexity index is 789. The molecule has 0 bridgehead atoms. The molecule has 1 heterocycles. The zero-order chi connectivity index (χ0) is 16.2. The third kappa shape index (κ3) is 3.60. The molecule has 3 aromatic rings. The Morgan fingerprint density at radius 1 is 1.26 bits per heavy atom. The molecule has 120 valence electrons. The van der Waals surface area contributed by atoms with Crippen LogP contribution in [0.4, 0.5) is 10.1 Å². The summed E-state index contributed by atoms with van der Waals surface area (Å²) in [5, 5.41) is 13.2. The number of benzene rings is 2. The second-order valence-electron chi connectivity index (χ2n) is 5.10. The van der Waals surface area contributed by atoms with Crippen LogP contribution in [0, 0.1) is 0 Å². The normalized spacial score (nSPS) is 12.3. The molecule has 2 N–H and O–H groups in total. The molecule has 0 aliphatic heterocycles. The zero-order valence-electron chi connectivity index (χ0n) is 12.6. The third-order valence-electron chi connectivity index (χ3n) is 3.40. The maximum Gasteiger partial charge on any atom is 0.124 e. The van der Waals surface area contributed by atoms with Gasteiger partial charge < -0.3 is 15.2 Å². The van der Waals surface area contributed by atoms with Crippen molar-refractivity contribution in [3.8, 4) is 16.3 Å². The van der Waals surface area contributed by atoms with E-state index >= 15 is 0 Å². The Morgan fingerprint density at radius 3 is 2.74 bits per heavy atom. The smallest absolute Gasteiger partial charge is 0.124 e. The molecule has 4 nitrogen and oxygen atoms in total. The molecule has 0 fully saturated rings. The summed E-state index contributed by atoms with van der Waals surface area (Å²) in [4.78, 5) is 4.62. The molecule has 0 saturated heterocycles. The van der Waals surface area contributed by atoms with Crippen molar-refractivity contribution in [3.05, 3.63) is 42.5 Å². The summed E-state index contributed by atoms with van der Waals surface area (Å²) in [5.74, 6) is 0.603. The molecule has 0 aliphatic rings. The summed E-state index contributed by atoms with van der Waals surface area (Å²) in [6.45, 7) is -0.866. The molecule has 2 aromatic carbocycles. The number of aliphatic hydroxyl groups excluding tert-OH is 1. The predicted octanol–water partition coefficient (Wildman–Crippen LogP) is 3.71. The van der Waals surface area contributed by atoms with Gasteiger partial charge >= 0.3 is 0 Å². The molecule has 0 amide bonds. The molecule has 0 spiro atoms. The number of aromatic nitrogens is 1. The highest BCUT2D eigenvalue weighted by atomic mass is 32.1. The molecule has 23 heavy (non-hydrogen) atoms. The van der Waals surface area contributed by atoms with Crippen LogP contribution in [-0.2, 0) is 0 Å². The van der Waals surface area contributed by atoms with Gasteiger partial charge in [-0.2, -0.15) is 0 Å². The number of alkyl halides is 1. The van der Waals surface area contributed by atoms with E-state index in [-0.39, 0.29) is 6.61 Å². The predicted molar refractivity (Wildman–Crippen MR) is 92.1 cm³/mol. The zero-order valence-corrected chi connectivity index (χ0v) is 13.4. The molecule has 0 radical (unpaired) electrons. The highest BCUT2D eigenvalue weighted by molar-refractivity contribution is 7.21. The average molecular weight is 332 g/mol. The number of fused-ring (bicyclic) bond motifs is 1. The summed E-state index contributed by atoms with van der Waals surface area (Å²) in [6.07, 6.45) is -1.09. The number of hydrogen-bond donors (Lipinski definition) is 2. The van der Waals surface area contributed by atoms with Crippen molar-refractivity contribution < 1.29 is 14.2 Å². The Hall–Kier alpha value is -2.18. The highest BCUT2D eigenvalue weighted by Gasteiger charge is 2.09. The summed E-state index contributed by atoms with van der Waals surface area (Å²) >= 11 is 1.57. The largest absolute Gasteiger partial charge is 0.491 e. The van der Waals surface area contributed by atoms with Gasteiger partial charge in [0.2, 0.25) is 0 Å². The second-order valence-corrected chi connectivity index (χ2v) is 6.13. The van der Waals surface area contributed by atoms with E-state index in [1.807, 2.05) is 43.4 Å². The Balaban J connectivity index is 1.83. The lowest BCUT2D eigenvalue weighted by Crippen LogP contribution is -2.19. The topological polar surface area (TPSA) is 54.4 Å². The fourth-order valence-electron chi connectivity index (χ4n) is 2.13. The second kappa shape index (κ2) is 6.93. The molecule has 1 aromatic heterocycles. The number of aliphatic hydroxyl groups is 1. The van der Waals surface area contributed by atoms with Crippen LogP contribution in [0.1, 0.15) is 0 Å². The van der Waals surface area contributed by atoms with Gasteiger partial charge in [-0.15, -0.1) is 11.3 Å². The molecule has 0 aliphatic carbocycles. The Morgan fingerprint density at radius 2 is 2.04 bits per heavy atom. The van der Waals surface area contributed by atoms with Crippen LogP contribution in [-0.4, -0.2) is 36.5 Å². The van der Waals surface area contributed by atoms with E-state index in [2.05, 4.69) is 10.3 Å². The minimum absolute atomic E-state index is 0.0564. The number of rotatable bonds is 6. The minimum Gasteiger partial charge on any atom is -0.491 e. The molecule has 3 rings (SSSR count). The number of nitrogens with one attached hydrogen (secondary N) is 1. The summed E-state index contributed by atoms with van der Waals surface area (Å²) in [5.41, 5.74) is 3.00. The number of ether oxygens (including phenoxy) is 1. The van der Waals surface area contributed by atoms with Crippen LogP contribution in [0.3, 0.4) is 0 Å². The van der Waals surface area contributed by atoms with E-state index in [1.54, 1.807) is 17.4 Å². The standard InChI is InChI=1S/C17H17FN2O2S/c1-19-12-4-2-11(3-5-12)17-20-15-7-6-14(8-16(15)23-17)22-10-13(21)9-18/h2-8,13,19,21H,9-10H2,1H3. The van der Waals surface area contributed by atoms with Gasteiger partial charge in [-0.3, -0.25) is 0 Å². The first-order valence-corrected chi connectivity index (χ1v) is 8.07. The molecular formula is C17H17FN2O2S. The van der Waals surface area contributed by atoms with E-state index in [4.69, 9.17) is 4.74 Å². The van der Waals surface area contributed by atoms with Gasteiger partial charge in [0.25, 0.3) is 0 Å². The first-order chi connectivity index (χ1) is 11.2. The molecule has 1 atom stereocenters. The maximum absolute atomic E-state index is 12.2. The fraction of sp³-hybridized carbons (Fsp3) is 0.235. The molecule has 1 unspecified atom stereocenters. The average Bonchev–Trinajstić information content (AvgIpc) is 3.03. The van der Waals surface area contributed by atoms with Crippen molar-refractivity contribution in [2.45, 2.75) is 6.10 Å². The first kappa shape index (κ1) is 15.7. The molecular weight excluding hydrogens is 315 g/mol. The molecule has 6 heteroatoms. The van der Waals surface area contributed by atoms with Crippen molar-refractivity contribution in [2.24, 2.45) is 0 Å². The van der Waals surface area contributed by atoms with Crippen LogP contribution in [0.2, 0.25) is 0 Å². The van der Waals surface area contributed by atoms with Crippen molar-refractivity contribution in [1.29, 1.82) is 0 Å². The van der Waals surface area contributed by atoms with Crippen molar-refractivity contribution >= 4 is 27.2 Å². The van der Waals surface area contributed by atoms with Gasteiger partial charge in [-0.25, -0.2) is 9.37 Å². The monoisotopic (exact) mass is 332 g/mol. The van der Waals surface area contributed by atoms with E-state index in [1.165, 1.54) is 0 Å². The molecule has 0 saturated carbocycles. The SMILES string of the molecule is CNc1ccc(-c2nc3ccc(OCC(O)CF)cc3s2)cc1. The van der Waals surface area contributed by atoms with E-state index < -0.39 is 12.8 Å². The highest BCUT2D eigenvalue weighted by Crippen LogP contribution is 2.32. The number of thiazole rings is 1. The van der Waals surface area contributed by atoms with E-state index in [0.717, 1.165) is 26.5 Å². The lowest BCUT2D eigenvalue weighted by atomic mass is 10.2. The van der Waals surface area contributed by atoms with Crippen LogP contribution >= 0.6 is 11.3 Å². The Kier molecular flexibility index (Phi) is 4.73. The maximum atomic E-state index is 12.2. The van der Waals surface area contributed by atoms with Crippen LogP contribution in [0.5, 0.6) is 5.75 Å². The van der Waals surface area contributed by atoms with Crippen LogP contribution in [0.25, 0.3) is 20.8 Å². The number of halogens is 1. The van der Waals surface area contributed by atoms with Gasteiger partial charge in [0, 0.05) is 18.3 Å². The van der Waals surface area contributed by atoms with Crippen molar-refractivity contribution in [3.63, 3.8) is 0 Å². The van der Waals surface area contributed by atoms with Gasteiger partial charge in [0.15, 0.2) is 0 Å². The van der Waals surface area contributed by atoms with Gasteiger partial charge in [0.05, 0.1) is 10.2 Å². The first-order valence-electron chi connectivity index (χ1n) is 7.25. The number of anilines is 1. The van der Waals surface area contributed by atoms with Crippen LogP contribution < -0.4 is 10.1 Å². The van der Waals surface area contributed by atoms with Crippen LogP contribution in [0.15, 0.2) is 42.5 Å². The van der Waals surface area contributed by atoms with Gasteiger partial charge in [0.1, 0.15) is 30.1 Å². The van der Waals surface area contributed by atoms with E-state index in [9.17, 15) is 9.50 Å². The quantitative estimate of drug-likeness (QED) is 0.722. The van der Waals surface area contributed by atoms with Crippen molar-refractivity contribution in [1.82, 2.24) is 4.98 Å². The third-order valence-corrected chi connectivity index (χ3v) is 4.47. The van der Waals surface area contributed by atoms with Crippen molar-refractivity contribution in [2.75, 3.05) is 25.6 Å². The lowest BCUT2D eigenvalue weighted by Gasteiger charge is -2.08. The van der Waals surface area contributed by atoms with E-state index in [0.29, 0.717) is 5.75 Å². The lowest BCUT2D eigenvalue weighted by molar-refractivity contribution is 0.0842.